The topological polar surface area (TPSA) is 93.8 Å². The van der Waals surface area contributed by atoms with E-state index < -0.39 is 11.1 Å². The van der Waals surface area contributed by atoms with Crippen LogP contribution in [-0.2, 0) is 7.05 Å². The van der Waals surface area contributed by atoms with Gasteiger partial charge in [-0.25, -0.2) is 0 Å². The lowest BCUT2D eigenvalue weighted by molar-refractivity contribution is 0.574. The first-order chi connectivity index (χ1) is 8.58. The molecule has 1 aliphatic carbocycles. The molecule has 2 unspecified atom stereocenters. The molecule has 0 saturated heterocycles. The number of aromatic nitrogens is 3. The molecule has 0 radical (unpaired) electrons. The van der Waals surface area contributed by atoms with Crippen molar-refractivity contribution in [3.63, 3.8) is 0 Å². The van der Waals surface area contributed by atoms with E-state index in [9.17, 15) is 9.59 Å². The first kappa shape index (κ1) is 13.4. The zero-order valence-corrected chi connectivity index (χ0v) is 11.2. The molecular formula is C11H18N4O2S. The number of nitrogens with two attached hydrogens (primary N) is 1. The van der Waals surface area contributed by atoms with Crippen LogP contribution in [0.4, 0.5) is 0 Å². The number of hydrogen-bond donors (Lipinski definition) is 2. The molecule has 100 valence electrons. The Balaban J connectivity index is 2.20. The van der Waals surface area contributed by atoms with E-state index >= 15 is 0 Å². The van der Waals surface area contributed by atoms with Gasteiger partial charge in [-0.3, -0.25) is 19.4 Å². The summed E-state index contributed by atoms with van der Waals surface area (Å²) in [7, 11) is 1.68. The van der Waals surface area contributed by atoms with Gasteiger partial charge in [0.05, 0.1) is 0 Å². The maximum absolute atomic E-state index is 11.3. The standard InChI is InChI=1S/C11H18N4O2S/c1-15-11(13-9(16)10(17)14-15)18-8-6-4-2-3-5-7(8)12/h7-8H,2-6,12H2,1H3,(H,14,17). The van der Waals surface area contributed by atoms with Gasteiger partial charge in [-0.2, -0.15) is 4.98 Å². The molecule has 0 amide bonds. The highest BCUT2D eigenvalue weighted by Crippen LogP contribution is 2.30. The Hall–Kier alpha value is -1.08. The number of nitrogens with one attached hydrogen (secondary N) is 1. The van der Waals surface area contributed by atoms with E-state index in [0.29, 0.717) is 5.16 Å². The maximum atomic E-state index is 11.3. The van der Waals surface area contributed by atoms with Crippen LogP contribution >= 0.6 is 11.8 Å². The van der Waals surface area contributed by atoms with Gasteiger partial charge in [-0.1, -0.05) is 31.0 Å². The Kier molecular flexibility index (Phi) is 4.23. The quantitative estimate of drug-likeness (QED) is 0.592. The summed E-state index contributed by atoms with van der Waals surface area (Å²) in [6.45, 7) is 0. The van der Waals surface area contributed by atoms with Crippen LogP contribution < -0.4 is 16.9 Å². The summed E-state index contributed by atoms with van der Waals surface area (Å²) in [6.07, 6.45) is 5.57. The minimum Gasteiger partial charge on any atom is -0.327 e. The second kappa shape index (κ2) is 5.71. The van der Waals surface area contributed by atoms with Crippen LogP contribution in [0.2, 0.25) is 0 Å². The van der Waals surface area contributed by atoms with Crippen LogP contribution in [0.3, 0.4) is 0 Å². The minimum atomic E-state index is -0.738. The zero-order valence-electron chi connectivity index (χ0n) is 10.4. The van der Waals surface area contributed by atoms with Crippen molar-refractivity contribution in [1.82, 2.24) is 14.8 Å². The monoisotopic (exact) mass is 270 g/mol. The van der Waals surface area contributed by atoms with E-state index in [1.54, 1.807) is 7.05 Å². The van der Waals surface area contributed by atoms with Crippen LogP contribution in [-0.4, -0.2) is 26.1 Å². The first-order valence-electron chi connectivity index (χ1n) is 6.17. The van der Waals surface area contributed by atoms with Crippen LogP contribution in [0.1, 0.15) is 32.1 Å². The van der Waals surface area contributed by atoms with Crippen LogP contribution in [0.5, 0.6) is 0 Å². The van der Waals surface area contributed by atoms with Crippen LogP contribution in [0.25, 0.3) is 0 Å². The predicted octanol–water partition coefficient (Wildman–Crippen LogP) is 0.221. The Morgan fingerprint density at radius 1 is 1.33 bits per heavy atom. The fraction of sp³-hybridized carbons (Fsp3) is 0.727. The van der Waals surface area contributed by atoms with Crippen molar-refractivity contribution in [2.75, 3.05) is 0 Å². The Bertz CT molecular complexity index is 525. The summed E-state index contributed by atoms with van der Waals surface area (Å²) >= 11 is 1.49. The summed E-state index contributed by atoms with van der Waals surface area (Å²) in [5.41, 5.74) is 4.71. The molecule has 1 fully saturated rings. The molecule has 1 aromatic rings. The van der Waals surface area contributed by atoms with Gasteiger partial charge in [-0.15, -0.1) is 0 Å². The van der Waals surface area contributed by atoms with Gasteiger partial charge in [-0.05, 0) is 12.8 Å². The lowest BCUT2D eigenvalue weighted by Crippen LogP contribution is -2.36. The van der Waals surface area contributed by atoms with E-state index in [1.165, 1.54) is 22.9 Å². The number of H-pyrrole nitrogens is 1. The van der Waals surface area contributed by atoms with Crippen molar-refractivity contribution in [1.29, 1.82) is 0 Å². The maximum Gasteiger partial charge on any atom is 0.339 e. The van der Waals surface area contributed by atoms with E-state index in [-0.39, 0.29) is 11.3 Å². The number of thioether (sulfide) groups is 1. The van der Waals surface area contributed by atoms with Gasteiger partial charge in [0.1, 0.15) is 0 Å². The van der Waals surface area contributed by atoms with Crippen molar-refractivity contribution in [3.8, 4) is 0 Å². The average Bonchev–Trinajstić information content (AvgIpc) is 2.52. The third-order valence-corrected chi connectivity index (χ3v) is 4.67. The minimum absolute atomic E-state index is 0.126. The molecule has 18 heavy (non-hydrogen) atoms. The number of nitrogens with zero attached hydrogens (tertiary/aromatic N) is 2. The highest BCUT2D eigenvalue weighted by atomic mass is 32.2. The van der Waals surface area contributed by atoms with E-state index in [0.717, 1.165) is 25.7 Å². The molecule has 2 atom stereocenters. The fourth-order valence-corrected chi connectivity index (χ4v) is 3.36. The molecule has 7 heteroatoms. The molecule has 1 aromatic heterocycles. The molecule has 0 aromatic carbocycles. The third-order valence-electron chi connectivity index (χ3n) is 3.21. The lowest BCUT2D eigenvalue weighted by atomic mass is 10.1. The molecule has 1 aliphatic rings. The largest absolute Gasteiger partial charge is 0.339 e. The summed E-state index contributed by atoms with van der Waals surface area (Å²) < 4.78 is 1.49. The molecule has 6 nitrogen and oxygen atoms in total. The normalized spacial score (nSPS) is 24.8. The first-order valence-corrected chi connectivity index (χ1v) is 7.05. The highest BCUT2D eigenvalue weighted by Gasteiger charge is 2.23. The fourth-order valence-electron chi connectivity index (χ4n) is 2.15. The molecule has 2 rings (SSSR count). The summed E-state index contributed by atoms with van der Waals surface area (Å²) in [5, 5.41) is 3.24. The number of rotatable bonds is 2. The van der Waals surface area contributed by atoms with Crippen molar-refractivity contribution >= 4 is 11.8 Å². The van der Waals surface area contributed by atoms with Gasteiger partial charge in [0.25, 0.3) is 0 Å². The Morgan fingerprint density at radius 3 is 2.83 bits per heavy atom. The van der Waals surface area contributed by atoms with Gasteiger partial charge in [0.15, 0.2) is 5.16 Å². The van der Waals surface area contributed by atoms with Crippen LogP contribution in [0, 0.1) is 0 Å². The van der Waals surface area contributed by atoms with E-state index in [1.807, 2.05) is 0 Å². The zero-order chi connectivity index (χ0) is 13.1. The number of aromatic amines is 1. The van der Waals surface area contributed by atoms with Gasteiger partial charge in [0.2, 0.25) is 0 Å². The Labute approximate surface area is 109 Å². The summed E-state index contributed by atoms with van der Waals surface area (Å²) in [6, 6.07) is 0.126. The smallest absolute Gasteiger partial charge is 0.327 e. The summed E-state index contributed by atoms with van der Waals surface area (Å²) in [5.74, 6) is 0. The van der Waals surface area contributed by atoms with Gasteiger partial charge >= 0.3 is 11.1 Å². The second-order valence-corrected chi connectivity index (χ2v) is 5.86. The predicted molar refractivity (Wildman–Crippen MR) is 70.8 cm³/mol. The second-order valence-electron chi connectivity index (χ2n) is 4.66. The average molecular weight is 270 g/mol. The Morgan fingerprint density at radius 2 is 2.06 bits per heavy atom. The van der Waals surface area contributed by atoms with E-state index in [2.05, 4.69) is 10.1 Å². The molecular weight excluding hydrogens is 252 g/mol. The molecule has 3 N–H and O–H groups in total. The van der Waals surface area contributed by atoms with E-state index in [4.69, 9.17) is 5.73 Å². The van der Waals surface area contributed by atoms with Crippen molar-refractivity contribution in [2.45, 2.75) is 48.6 Å². The highest BCUT2D eigenvalue weighted by molar-refractivity contribution is 7.99. The van der Waals surface area contributed by atoms with Gasteiger partial charge < -0.3 is 5.73 Å². The van der Waals surface area contributed by atoms with Crippen molar-refractivity contribution in [2.24, 2.45) is 12.8 Å². The molecule has 1 heterocycles. The van der Waals surface area contributed by atoms with Crippen LogP contribution in [0.15, 0.2) is 14.7 Å². The van der Waals surface area contributed by atoms with Gasteiger partial charge in [0, 0.05) is 18.3 Å². The summed E-state index contributed by atoms with van der Waals surface area (Å²) in [4.78, 5) is 26.2. The third kappa shape index (κ3) is 3.02. The number of hydrogen-bond acceptors (Lipinski definition) is 5. The molecule has 0 bridgehead atoms. The van der Waals surface area contributed by atoms with Crippen molar-refractivity contribution in [3.05, 3.63) is 20.7 Å². The van der Waals surface area contributed by atoms with Crippen molar-refractivity contribution < 1.29 is 0 Å². The molecule has 1 saturated carbocycles. The molecule has 0 aliphatic heterocycles. The SMILES string of the molecule is Cn1[nH]c(=O)c(=O)nc1SC1CCCCCC1N. The lowest BCUT2D eigenvalue weighted by Gasteiger charge is -2.20. The molecule has 0 spiro atoms. The number of aryl methyl sites for hydroxylation is 1.